The first-order valence-corrected chi connectivity index (χ1v) is 5.56. The Kier molecular flexibility index (Phi) is 2.72. The zero-order valence-corrected chi connectivity index (χ0v) is 9.09. The second-order valence-electron chi connectivity index (χ2n) is 4.29. The molecule has 0 radical (unpaired) electrons. The fourth-order valence-corrected chi connectivity index (χ4v) is 2.35. The van der Waals surface area contributed by atoms with E-state index in [0.29, 0.717) is 5.92 Å². The van der Waals surface area contributed by atoms with Crippen molar-refractivity contribution >= 4 is 0 Å². The Labute approximate surface area is 86.7 Å². The van der Waals surface area contributed by atoms with Gasteiger partial charge in [0.05, 0.1) is 0 Å². The molecule has 2 rings (SSSR count). The number of hydrogen-bond acceptors (Lipinski definition) is 0. The molecule has 0 N–H and O–H groups in total. The molecular weight excluding hydrogens is 168 g/mol. The molecule has 0 aromatic rings. The number of allylic oxidation sites excluding steroid dienone is 8. The highest BCUT2D eigenvalue weighted by atomic mass is 14.2. The summed E-state index contributed by atoms with van der Waals surface area (Å²) in [5.41, 5.74) is 4.61. The lowest BCUT2D eigenvalue weighted by Gasteiger charge is -2.12. The maximum Gasteiger partial charge on any atom is 0.00238 e. The third-order valence-electron chi connectivity index (χ3n) is 2.99. The van der Waals surface area contributed by atoms with Crippen molar-refractivity contribution in [3.8, 4) is 0 Å². The predicted octanol–water partition coefficient (Wildman–Crippen LogP) is 4.18. The van der Waals surface area contributed by atoms with Gasteiger partial charge in [0, 0.05) is 5.92 Å². The molecule has 2 aliphatic carbocycles. The standard InChI is InChI=1S/C14H18/c1-3-6-12-7-4-5-8-13-9-11(2)10-14(12)13/h4-5,7-8,10,12H,3,6,9H2,1-2H3. The summed E-state index contributed by atoms with van der Waals surface area (Å²) in [4.78, 5) is 0. The van der Waals surface area contributed by atoms with Crippen LogP contribution in [0.15, 0.2) is 47.1 Å². The fourth-order valence-electron chi connectivity index (χ4n) is 2.35. The van der Waals surface area contributed by atoms with Gasteiger partial charge < -0.3 is 0 Å². The highest BCUT2D eigenvalue weighted by Gasteiger charge is 2.18. The van der Waals surface area contributed by atoms with Crippen LogP contribution in [0.3, 0.4) is 0 Å². The lowest BCUT2D eigenvalue weighted by molar-refractivity contribution is 0.668. The van der Waals surface area contributed by atoms with Crippen LogP contribution in [-0.4, -0.2) is 0 Å². The van der Waals surface area contributed by atoms with E-state index in [1.165, 1.54) is 24.0 Å². The van der Waals surface area contributed by atoms with Gasteiger partial charge in [-0.2, -0.15) is 0 Å². The van der Waals surface area contributed by atoms with Gasteiger partial charge in [0.1, 0.15) is 0 Å². The fraction of sp³-hybridized carbons (Fsp3) is 0.429. The Morgan fingerprint density at radius 3 is 3.00 bits per heavy atom. The molecule has 0 heteroatoms. The molecule has 0 aromatic heterocycles. The summed E-state index contributed by atoms with van der Waals surface area (Å²) in [5, 5.41) is 0. The SMILES string of the molecule is CCCC1C=CC=CC2=C1C=C(C)C2. The Balaban J connectivity index is 2.29. The van der Waals surface area contributed by atoms with E-state index in [4.69, 9.17) is 0 Å². The van der Waals surface area contributed by atoms with E-state index >= 15 is 0 Å². The molecule has 2 aliphatic rings. The van der Waals surface area contributed by atoms with Gasteiger partial charge in [-0.15, -0.1) is 0 Å². The Hall–Kier alpha value is -1.04. The van der Waals surface area contributed by atoms with Gasteiger partial charge >= 0.3 is 0 Å². The maximum atomic E-state index is 2.38. The summed E-state index contributed by atoms with van der Waals surface area (Å²) < 4.78 is 0. The van der Waals surface area contributed by atoms with E-state index in [2.05, 4.69) is 44.2 Å². The first-order chi connectivity index (χ1) is 6.81. The van der Waals surface area contributed by atoms with Crippen LogP contribution in [0.4, 0.5) is 0 Å². The number of rotatable bonds is 2. The van der Waals surface area contributed by atoms with Gasteiger partial charge in [-0.25, -0.2) is 0 Å². The van der Waals surface area contributed by atoms with Crippen LogP contribution in [-0.2, 0) is 0 Å². The third kappa shape index (κ3) is 1.75. The van der Waals surface area contributed by atoms with Gasteiger partial charge in [-0.1, -0.05) is 49.3 Å². The first kappa shape index (κ1) is 9.51. The van der Waals surface area contributed by atoms with Gasteiger partial charge in [-0.05, 0) is 30.9 Å². The van der Waals surface area contributed by atoms with Crippen molar-refractivity contribution in [2.45, 2.75) is 33.1 Å². The van der Waals surface area contributed by atoms with Crippen molar-refractivity contribution in [2.75, 3.05) is 0 Å². The third-order valence-corrected chi connectivity index (χ3v) is 2.99. The highest BCUT2D eigenvalue weighted by molar-refractivity contribution is 5.48. The molecule has 1 atom stereocenters. The molecule has 0 aromatic carbocycles. The van der Waals surface area contributed by atoms with Gasteiger partial charge in [-0.3, -0.25) is 0 Å². The lowest BCUT2D eigenvalue weighted by atomic mass is 9.93. The Bertz CT molecular complexity index is 337. The first-order valence-electron chi connectivity index (χ1n) is 5.56. The summed E-state index contributed by atoms with van der Waals surface area (Å²) in [6.07, 6.45) is 15.1. The molecule has 14 heavy (non-hydrogen) atoms. The molecule has 0 saturated carbocycles. The second-order valence-corrected chi connectivity index (χ2v) is 4.29. The van der Waals surface area contributed by atoms with Crippen LogP contribution in [0.5, 0.6) is 0 Å². The predicted molar refractivity (Wildman–Crippen MR) is 62.1 cm³/mol. The molecule has 74 valence electrons. The molecule has 0 fully saturated rings. The highest BCUT2D eigenvalue weighted by Crippen LogP contribution is 2.35. The minimum absolute atomic E-state index is 0.655. The van der Waals surface area contributed by atoms with Crippen molar-refractivity contribution in [1.82, 2.24) is 0 Å². The van der Waals surface area contributed by atoms with E-state index in [9.17, 15) is 0 Å². The van der Waals surface area contributed by atoms with Crippen LogP contribution in [0, 0.1) is 5.92 Å². The molecule has 0 amide bonds. The van der Waals surface area contributed by atoms with Crippen molar-refractivity contribution < 1.29 is 0 Å². The smallest absolute Gasteiger partial charge is 0.00238 e. The van der Waals surface area contributed by atoms with Crippen LogP contribution in [0.25, 0.3) is 0 Å². The topological polar surface area (TPSA) is 0 Å². The molecule has 0 aliphatic heterocycles. The van der Waals surface area contributed by atoms with Crippen molar-refractivity contribution in [3.63, 3.8) is 0 Å². The summed E-state index contributed by atoms with van der Waals surface area (Å²) in [6, 6.07) is 0. The monoisotopic (exact) mass is 186 g/mol. The largest absolute Gasteiger partial charge is 0.0770 e. The van der Waals surface area contributed by atoms with E-state index in [1.807, 2.05) is 0 Å². The van der Waals surface area contributed by atoms with Crippen LogP contribution < -0.4 is 0 Å². The second kappa shape index (κ2) is 4.00. The van der Waals surface area contributed by atoms with Crippen LogP contribution in [0.2, 0.25) is 0 Å². The minimum Gasteiger partial charge on any atom is -0.0770 e. The number of hydrogen-bond donors (Lipinski definition) is 0. The van der Waals surface area contributed by atoms with Crippen molar-refractivity contribution in [2.24, 2.45) is 5.92 Å². The average molecular weight is 186 g/mol. The van der Waals surface area contributed by atoms with Crippen molar-refractivity contribution in [1.29, 1.82) is 0 Å². The zero-order chi connectivity index (χ0) is 9.97. The Morgan fingerprint density at radius 1 is 1.36 bits per heavy atom. The Morgan fingerprint density at radius 2 is 2.21 bits per heavy atom. The molecule has 0 bridgehead atoms. The quantitative estimate of drug-likeness (QED) is 0.607. The van der Waals surface area contributed by atoms with E-state index in [0.717, 1.165) is 6.42 Å². The summed E-state index contributed by atoms with van der Waals surface area (Å²) in [6.45, 7) is 4.49. The lowest BCUT2D eigenvalue weighted by Crippen LogP contribution is -1.98. The van der Waals surface area contributed by atoms with Crippen LogP contribution in [0.1, 0.15) is 33.1 Å². The molecule has 1 unspecified atom stereocenters. The summed E-state index contributed by atoms with van der Waals surface area (Å²) in [7, 11) is 0. The molecule has 0 nitrogen and oxygen atoms in total. The minimum atomic E-state index is 0.655. The van der Waals surface area contributed by atoms with E-state index in [1.54, 1.807) is 5.57 Å². The molecule has 0 spiro atoms. The maximum absolute atomic E-state index is 2.38. The van der Waals surface area contributed by atoms with Crippen LogP contribution >= 0.6 is 0 Å². The summed E-state index contributed by atoms with van der Waals surface area (Å²) in [5.74, 6) is 0.655. The molecule has 0 saturated heterocycles. The van der Waals surface area contributed by atoms with Gasteiger partial charge in [0.2, 0.25) is 0 Å². The van der Waals surface area contributed by atoms with E-state index < -0.39 is 0 Å². The zero-order valence-electron chi connectivity index (χ0n) is 9.09. The normalized spacial score (nSPS) is 25.0. The average Bonchev–Trinajstić information content (AvgIpc) is 2.43. The molecular formula is C14H18. The van der Waals surface area contributed by atoms with Gasteiger partial charge in [0.15, 0.2) is 0 Å². The molecule has 0 heterocycles. The van der Waals surface area contributed by atoms with Gasteiger partial charge in [0.25, 0.3) is 0 Å². The summed E-state index contributed by atoms with van der Waals surface area (Å²) >= 11 is 0. The van der Waals surface area contributed by atoms with Crippen molar-refractivity contribution in [3.05, 3.63) is 47.1 Å². The van der Waals surface area contributed by atoms with E-state index in [-0.39, 0.29) is 0 Å².